The largest absolute Gasteiger partial charge is 0.477 e. The van der Waals surface area contributed by atoms with E-state index in [1.165, 1.54) is 28.4 Å². The highest BCUT2D eigenvalue weighted by Gasteiger charge is 2.54. The number of β-lactam (4-membered cyclic amide) rings is 1. The van der Waals surface area contributed by atoms with E-state index in [4.69, 9.17) is 5.73 Å². The van der Waals surface area contributed by atoms with E-state index in [2.05, 4.69) is 10.6 Å². The lowest BCUT2D eigenvalue weighted by atomic mass is 10.0. The number of fused-ring (bicyclic) bond motifs is 2. The minimum atomic E-state index is -1.19. The molecule has 1 saturated heterocycles. The molecule has 5 N–H and O–H groups in total. The molecule has 40 heavy (non-hydrogen) atoms. The molecular formula is C28H29N5O5S2. The average molecular weight is 580 g/mol. The standard InChI is InChI=1S/C28H29N5O5S2/c29-10-11-30-25(35)18-7-4-12-32(13-18)14-19-15-40-27-23(26(36)33(27)24(19)28(37)38)31-22(34)16-39-21-9-3-6-17-5-1-2-8-20(17)21/h1-9,13,23,27H,10-12,14-16,29H2,(H,30,35)(H,31,34)(H,37,38)/t23-,27+/m0/s1. The van der Waals surface area contributed by atoms with Gasteiger partial charge in [-0.25, -0.2) is 4.79 Å². The zero-order valence-electron chi connectivity index (χ0n) is 21.5. The van der Waals surface area contributed by atoms with Crippen LogP contribution >= 0.6 is 23.5 Å². The first-order chi connectivity index (χ1) is 19.4. The molecule has 0 saturated carbocycles. The SMILES string of the molecule is NCCNC(=O)C1=CN(CC2=C(C(=O)O)N3C(=O)[C@H](NC(=O)CSc4cccc5ccccc45)[C@H]3SC2)CC=C1. The summed E-state index contributed by atoms with van der Waals surface area (Å²) < 4.78 is 0. The minimum absolute atomic E-state index is 0.0542. The van der Waals surface area contributed by atoms with Crippen LogP contribution in [0.4, 0.5) is 0 Å². The number of aliphatic carboxylic acids is 1. The molecule has 5 rings (SSSR count). The van der Waals surface area contributed by atoms with Gasteiger partial charge in [0.15, 0.2) is 0 Å². The monoisotopic (exact) mass is 579 g/mol. The lowest BCUT2D eigenvalue weighted by Gasteiger charge is -2.49. The Morgan fingerprint density at radius 2 is 1.95 bits per heavy atom. The van der Waals surface area contributed by atoms with E-state index in [9.17, 15) is 24.3 Å². The van der Waals surface area contributed by atoms with Crippen molar-refractivity contribution in [1.82, 2.24) is 20.4 Å². The van der Waals surface area contributed by atoms with E-state index in [-0.39, 0.29) is 29.8 Å². The summed E-state index contributed by atoms with van der Waals surface area (Å²) in [6.45, 7) is 1.43. The van der Waals surface area contributed by atoms with Crippen LogP contribution < -0.4 is 16.4 Å². The number of carboxylic acid groups (broad SMARTS) is 1. The molecule has 0 radical (unpaired) electrons. The van der Waals surface area contributed by atoms with Crippen LogP contribution in [0.1, 0.15) is 0 Å². The van der Waals surface area contributed by atoms with Gasteiger partial charge in [0.1, 0.15) is 17.1 Å². The smallest absolute Gasteiger partial charge is 0.352 e. The molecule has 0 aliphatic carbocycles. The van der Waals surface area contributed by atoms with Crippen molar-refractivity contribution in [1.29, 1.82) is 0 Å². The Labute approximate surface area is 239 Å². The molecular weight excluding hydrogens is 550 g/mol. The fraction of sp³-hybridized carbons (Fsp3) is 0.286. The van der Waals surface area contributed by atoms with E-state index in [0.29, 0.717) is 36.5 Å². The van der Waals surface area contributed by atoms with Gasteiger partial charge in [0.05, 0.1) is 11.3 Å². The molecule has 0 aromatic heterocycles. The number of nitrogens with zero attached hydrogens (tertiary/aromatic N) is 2. The van der Waals surface area contributed by atoms with Gasteiger partial charge >= 0.3 is 5.97 Å². The lowest BCUT2D eigenvalue weighted by Crippen LogP contribution is -2.70. The van der Waals surface area contributed by atoms with Gasteiger partial charge in [-0.3, -0.25) is 19.3 Å². The molecule has 3 amide bonds. The zero-order valence-corrected chi connectivity index (χ0v) is 23.2. The molecule has 12 heteroatoms. The van der Waals surface area contributed by atoms with Crippen LogP contribution in [-0.2, 0) is 19.2 Å². The van der Waals surface area contributed by atoms with Gasteiger partial charge < -0.3 is 26.4 Å². The molecule has 1 fully saturated rings. The molecule has 3 aliphatic rings. The summed E-state index contributed by atoms with van der Waals surface area (Å²) in [6, 6.07) is 13.1. The second-order valence-corrected chi connectivity index (χ2v) is 11.6. The second kappa shape index (κ2) is 12.2. The summed E-state index contributed by atoms with van der Waals surface area (Å²) in [6.07, 6.45) is 5.22. The molecule has 2 atom stereocenters. The van der Waals surface area contributed by atoms with Crippen molar-refractivity contribution >= 4 is 58.0 Å². The first kappa shape index (κ1) is 27.8. The Morgan fingerprint density at radius 3 is 2.75 bits per heavy atom. The summed E-state index contributed by atoms with van der Waals surface area (Å²) in [5, 5.41) is 17.2. The van der Waals surface area contributed by atoms with Gasteiger partial charge in [0.25, 0.3) is 11.8 Å². The fourth-order valence-corrected chi connectivity index (χ4v) is 7.09. The zero-order chi connectivity index (χ0) is 28.2. The lowest BCUT2D eigenvalue weighted by molar-refractivity contribution is -0.150. The van der Waals surface area contributed by atoms with Gasteiger partial charge in [-0.1, -0.05) is 48.6 Å². The van der Waals surface area contributed by atoms with Crippen molar-refractivity contribution in [3.05, 3.63) is 77.7 Å². The van der Waals surface area contributed by atoms with Crippen molar-refractivity contribution in [3.63, 3.8) is 0 Å². The summed E-state index contributed by atoms with van der Waals surface area (Å²) in [5.74, 6) is -1.65. The average Bonchev–Trinajstić information content (AvgIpc) is 2.97. The maximum absolute atomic E-state index is 13.1. The van der Waals surface area contributed by atoms with Crippen molar-refractivity contribution < 1.29 is 24.3 Å². The maximum Gasteiger partial charge on any atom is 0.352 e. The summed E-state index contributed by atoms with van der Waals surface area (Å²) in [5.41, 5.74) is 6.42. The van der Waals surface area contributed by atoms with Gasteiger partial charge in [0.2, 0.25) is 5.91 Å². The van der Waals surface area contributed by atoms with Crippen LogP contribution in [0.5, 0.6) is 0 Å². The van der Waals surface area contributed by atoms with Crippen LogP contribution in [0, 0.1) is 0 Å². The highest BCUT2D eigenvalue weighted by atomic mass is 32.2. The van der Waals surface area contributed by atoms with Crippen LogP contribution in [0.2, 0.25) is 0 Å². The van der Waals surface area contributed by atoms with Gasteiger partial charge in [-0.15, -0.1) is 23.5 Å². The quantitative estimate of drug-likeness (QED) is 0.243. The number of nitrogens with one attached hydrogen (secondary N) is 2. The molecule has 3 heterocycles. The molecule has 0 unspecified atom stereocenters. The van der Waals surface area contributed by atoms with Crippen LogP contribution in [-0.4, -0.2) is 87.7 Å². The Kier molecular flexibility index (Phi) is 8.48. The maximum atomic E-state index is 13.1. The van der Waals surface area contributed by atoms with Crippen molar-refractivity contribution in [2.24, 2.45) is 5.73 Å². The van der Waals surface area contributed by atoms with Gasteiger partial charge in [-0.2, -0.15) is 0 Å². The fourth-order valence-electron chi connectivity index (χ4n) is 4.87. The first-order valence-corrected chi connectivity index (χ1v) is 14.8. The van der Waals surface area contributed by atoms with E-state index < -0.39 is 23.3 Å². The third-order valence-corrected chi connectivity index (χ3v) is 9.13. The van der Waals surface area contributed by atoms with E-state index in [1.54, 1.807) is 12.3 Å². The number of rotatable bonds is 10. The Morgan fingerprint density at radius 1 is 1.15 bits per heavy atom. The Hall–Kier alpha value is -3.74. The predicted octanol–water partition coefficient (Wildman–Crippen LogP) is 1.50. The molecule has 0 spiro atoms. The molecule has 2 aromatic rings. The van der Waals surface area contributed by atoms with Gasteiger partial charge in [0, 0.05) is 43.0 Å². The van der Waals surface area contributed by atoms with E-state index in [1.807, 2.05) is 53.4 Å². The number of nitrogens with two attached hydrogens (primary N) is 1. The van der Waals surface area contributed by atoms with E-state index in [0.717, 1.165) is 15.7 Å². The van der Waals surface area contributed by atoms with E-state index >= 15 is 0 Å². The number of hydrogen-bond donors (Lipinski definition) is 4. The number of carbonyl (C=O) groups excluding carboxylic acids is 3. The number of thioether (sulfide) groups is 2. The van der Waals surface area contributed by atoms with Gasteiger partial charge in [-0.05, 0) is 22.4 Å². The number of amides is 3. The first-order valence-electron chi connectivity index (χ1n) is 12.8. The third kappa shape index (κ3) is 5.74. The van der Waals surface area contributed by atoms with Crippen molar-refractivity contribution in [2.75, 3.05) is 37.7 Å². The highest BCUT2D eigenvalue weighted by Crippen LogP contribution is 2.40. The van der Waals surface area contributed by atoms with Crippen molar-refractivity contribution in [2.45, 2.75) is 16.3 Å². The van der Waals surface area contributed by atoms with Crippen LogP contribution in [0.25, 0.3) is 10.8 Å². The Bertz CT molecular complexity index is 1450. The Balaban J connectivity index is 1.22. The second-order valence-electron chi connectivity index (χ2n) is 9.44. The topological polar surface area (TPSA) is 145 Å². The van der Waals surface area contributed by atoms with Crippen LogP contribution in [0.15, 0.2) is 82.6 Å². The molecule has 10 nitrogen and oxygen atoms in total. The molecule has 208 valence electrons. The summed E-state index contributed by atoms with van der Waals surface area (Å²) >= 11 is 2.82. The molecule has 2 aromatic carbocycles. The number of carbonyl (C=O) groups is 4. The molecule has 0 bridgehead atoms. The summed E-state index contributed by atoms with van der Waals surface area (Å²) in [4.78, 5) is 54.5. The predicted molar refractivity (Wildman–Crippen MR) is 155 cm³/mol. The minimum Gasteiger partial charge on any atom is -0.477 e. The third-order valence-electron chi connectivity index (χ3n) is 6.72. The number of carboxylic acids is 1. The number of hydrogen-bond acceptors (Lipinski definition) is 8. The molecule has 3 aliphatic heterocycles. The normalized spacial score (nSPS) is 20.1. The van der Waals surface area contributed by atoms with Crippen molar-refractivity contribution in [3.8, 4) is 0 Å². The number of benzene rings is 2. The van der Waals surface area contributed by atoms with Crippen LogP contribution in [0.3, 0.4) is 0 Å². The summed E-state index contributed by atoms with van der Waals surface area (Å²) in [7, 11) is 0. The highest BCUT2D eigenvalue weighted by molar-refractivity contribution is 8.00.